The summed E-state index contributed by atoms with van der Waals surface area (Å²) in [4.78, 5) is 4.83. The minimum atomic E-state index is 0.103. The van der Waals surface area contributed by atoms with Crippen molar-refractivity contribution < 1.29 is 9.47 Å². The fourth-order valence-corrected chi connectivity index (χ4v) is 6.22. The zero-order valence-electron chi connectivity index (χ0n) is 27.2. The molecule has 48 heavy (non-hydrogen) atoms. The van der Waals surface area contributed by atoms with Crippen molar-refractivity contribution in [2.75, 3.05) is 16.0 Å². The first-order chi connectivity index (χ1) is 23.7. The maximum atomic E-state index is 6.46. The van der Waals surface area contributed by atoms with E-state index in [-0.39, 0.29) is 12.1 Å². The maximum absolute atomic E-state index is 6.46. The van der Waals surface area contributed by atoms with E-state index in [1.165, 1.54) is 5.70 Å². The van der Waals surface area contributed by atoms with E-state index < -0.39 is 0 Å². The Kier molecular flexibility index (Phi) is 10.1. The molecule has 7 nitrogen and oxygen atoms in total. The topological polar surface area (TPSA) is 78.9 Å². The molecule has 5 aliphatic rings. The molecule has 2 aromatic rings. The van der Waals surface area contributed by atoms with Gasteiger partial charge in [-0.15, -0.1) is 0 Å². The van der Waals surface area contributed by atoms with Crippen LogP contribution in [0.5, 0.6) is 5.75 Å². The van der Waals surface area contributed by atoms with E-state index in [9.17, 15) is 0 Å². The summed E-state index contributed by atoms with van der Waals surface area (Å²) in [5.74, 6) is 2.65. The summed E-state index contributed by atoms with van der Waals surface area (Å²) in [5.41, 5.74) is 6.34. The van der Waals surface area contributed by atoms with Crippen LogP contribution in [0.3, 0.4) is 0 Å². The van der Waals surface area contributed by atoms with Gasteiger partial charge in [-0.05, 0) is 87.1 Å². The highest BCUT2D eigenvalue weighted by Gasteiger charge is 2.21. The minimum absolute atomic E-state index is 0.103. The van der Waals surface area contributed by atoms with Crippen LogP contribution in [0, 0.1) is 0 Å². The summed E-state index contributed by atoms with van der Waals surface area (Å²) in [5, 5.41) is 14.5. The van der Waals surface area contributed by atoms with Gasteiger partial charge < -0.3 is 30.7 Å². The van der Waals surface area contributed by atoms with Crippen molar-refractivity contribution in [1.29, 1.82) is 0 Å². The van der Waals surface area contributed by atoms with Gasteiger partial charge in [0.25, 0.3) is 0 Å². The lowest BCUT2D eigenvalue weighted by molar-refractivity contribution is 0.302. The molecule has 1 aliphatic heterocycles. The summed E-state index contributed by atoms with van der Waals surface area (Å²) in [6.45, 7) is 0. The highest BCUT2D eigenvalue weighted by Crippen LogP contribution is 2.30. The van der Waals surface area contributed by atoms with E-state index in [1.54, 1.807) is 0 Å². The van der Waals surface area contributed by atoms with Gasteiger partial charge >= 0.3 is 0 Å². The van der Waals surface area contributed by atoms with E-state index in [0.717, 1.165) is 84.9 Å². The monoisotopic (exact) mass is 637 g/mol. The molecule has 7 rings (SSSR count). The Balaban J connectivity index is 1.08. The molecule has 0 radical (unpaired) electrons. The van der Waals surface area contributed by atoms with E-state index in [0.29, 0.717) is 18.2 Å². The number of para-hydroxylation sites is 1. The average molecular weight is 638 g/mol. The number of benzene rings is 2. The summed E-state index contributed by atoms with van der Waals surface area (Å²) in [7, 11) is 0. The van der Waals surface area contributed by atoms with Crippen molar-refractivity contribution >= 4 is 23.0 Å². The highest BCUT2D eigenvalue weighted by atomic mass is 16.5. The molecule has 2 atom stereocenters. The number of rotatable bonds is 11. The minimum Gasteiger partial charge on any atom is -0.443 e. The van der Waals surface area contributed by atoms with Crippen LogP contribution in [0.2, 0.25) is 0 Å². The second kappa shape index (κ2) is 15.5. The predicted molar refractivity (Wildman–Crippen MR) is 198 cm³/mol. The largest absolute Gasteiger partial charge is 0.443 e. The van der Waals surface area contributed by atoms with Crippen molar-refractivity contribution in [3.63, 3.8) is 0 Å². The Morgan fingerprint density at radius 3 is 2.42 bits per heavy atom. The van der Waals surface area contributed by atoms with E-state index in [1.807, 2.05) is 36.4 Å². The normalized spacial score (nSPS) is 21.6. The molecule has 2 aromatic carbocycles. The lowest BCUT2D eigenvalue weighted by atomic mass is 10.0. The number of allylic oxidation sites excluding steroid dienone is 11. The first-order valence-corrected chi connectivity index (χ1v) is 17.1. The van der Waals surface area contributed by atoms with Crippen LogP contribution in [0.25, 0.3) is 0 Å². The van der Waals surface area contributed by atoms with Crippen molar-refractivity contribution in [3.05, 3.63) is 156 Å². The van der Waals surface area contributed by atoms with Crippen LogP contribution in [-0.2, 0) is 4.74 Å². The number of hydrogen-bond donors (Lipinski definition) is 4. The smallest absolute Gasteiger partial charge is 0.218 e. The fourth-order valence-electron chi connectivity index (χ4n) is 6.22. The zero-order chi connectivity index (χ0) is 32.4. The van der Waals surface area contributed by atoms with Gasteiger partial charge in [-0.1, -0.05) is 66.8 Å². The molecule has 7 heteroatoms. The number of nitrogens with one attached hydrogen (secondary N) is 4. The number of aliphatic imine (C=N–C) groups is 1. The molecule has 0 bridgehead atoms. The molecule has 0 aromatic heterocycles. The summed E-state index contributed by atoms with van der Waals surface area (Å²) < 4.78 is 12.9. The molecular weight excluding hydrogens is 594 g/mol. The molecule has 0 saturated carbocycles. The van der Waals surface area contributed by atoms with Gasteiger partial charge in [-0.25, -0.2) is 0 Å². The van der Waals surface area contributed by atoms with Gasteiger partial charge in [0.15, 0.2) is 5.90 Å². The Morgan fingerprint density at radius 1 is 0.708 bits per heavy atom. The van der Waals surface area contributed by atoms with Gasteiger partial charge in [0.05, 0.1) is 0 Å². The quantitative estimate of drug-likeness (QED) is 0.197. The Bertz CT molecular complexity index is 1790. The molecule has 0 saturated heterocycles. The first-order valence-electron chi connectivity index (χ1n) is 17.1. The molecule has 244 valence electrons. The van der Waals surface area contributed by atoms with Gasteiger partial charge in [0.1, 0.15) is 11.5 Å². The van der Waals surface area contributed by atoms with Crippen molar-refractivity contribution in [3.8, 4) is 5.75 Å². The van der Waals surface area contributed by atoms with Crippen LogP contribution < -0.4 is 26.0 Å². The molecule has 2 unspecified atom stereocenters. The average Bonchev–Trinajstić information content (AvgIpc) is 3.10. The summed E-state index contributed by atoms with van der Waals surface area (Å²) in [6.07, 6.45) is 35.3. The zero-order valence-corrected chi connectivity index (χ0v) is 27.2. The third-order valence-corrected chi connectivity index (χ3v) is 8.49. The van der Waals surface area contributed by atoms with Gasteiger partial charge in [-0.3, -0.25) is 0 Å². The Labute approximate surface area is 283 Å². The highest BCUT2D eigenvalue weighted by molar-refractivity contribution is 5.81. The molecule has 0 fully saturated rings. The second-order valence-corrected chi connectivity index (χ2v) is 12.4. The van der Waals surface area contributed by atoms with Crippen LogP contribution in [-0.4, -0.2) is 18.0 Å². The first kappa shape index (κ1) is 31.3. The molecule has 0 amide bonds. The van der Waals surface area contributed by atoms with E-state index in [4.69, 9.17) is 14.5 Å². The van der Waals surface area contributed by atoms with Crippen LogP contribution >= 0.6 is 0 Å². The van der Waals surface area contributed by atoms with Crippen LogP contribution in [0.4, 0.5) is 17.1 Å². The summed E-state index contributed by atoms with van der Waals surface area (Å²) in [6, 6.07) is 16.8. The lowest BCUT2D eigenvalue weighted by Gasteiger charge is -2.27. The standard InChI is InChI=1S/C41H43N5O2/c1-5-14-30(15-6-1)42-34-24-35(43-31-16-7-2-8-17-31)27-38(26-34)47-40-22-13-23-41(46-40)48-39-28-36(44-32-18-9-3-10-19-32)25-37(29-39)45-33-20-11-4-12-21-33/h1-3,5-9,11,14-16,18,20-22,25-29,31,35,42-45H,4,10,12-13,17,19,23-24H2. The number of nitrogens with zero attached hydrogens (tertiary/aromatic N) is 1. The summed E-state index contributed by atoms with van der Waals surface area (Å²) >= 11 is 0. The molecule has 0 spiro atoms. The molecular formula is C41H43N5O2. The van der Waals surface area contributed by atoms with Crippen molar-refractivity contribution in [1.82, 2.24) is 5.32 Å². The Hall–Kier alpha value is -5.27. The second-order valence-electron chi connectivity index (χ2n) is 12.4. The van der Waals surface area contributed by atoms with Gasteiger partial charge in [0.2, 0.25) is 5.88 Å². The fraction of sp³-hybridized carbons (Fsp3) is 0.244. The van der Waals surface area contributed by atoms with Gasteiger partial charge in [-0.2, -0.15) is 4.99 Å². The predicted octanol–water partition coefficient (Wildman–Crippen LogP) is 9.53. The molecule has 4 aliphatic carbocycles. The van der Waals surface area contributed by atoms with E-state index >= 15 is 0 Å². The van der Waals surface area contributed by atoms with Crippen LogP contribution in [0.15, 0.2) is 161 Å². The van der Waals surface area contributed by atoms with Crippen molar-refractivity contribution in [2.45, 2.75) is 63.5 Å². The van der Waals surface area contributed by atoms with Crippen molar-refractivity contribution in [2.24, 2.45) is 4.99 Å². The number of hydrogen-bond acceptors (Lipinski definition) is 7. The van der Waals surface area contributed by atoms with Crippen LogP contribution in [0.1, 0.15) is 51.4 Å². The third-order valence-electron chi connectivity index (χ3n) is 8.49. The third kappa shape index (κ3) is 8.96. The maximum Gasteiger partial charge on any atom is 0.218 e. The number of anilines is 3. The van der Waals surface area contributed by atoms with E-state index in [2.05, 4.69) is 112 Å². The van der Waals surface area contributed by atoms with Gasteiger partial charge in [0, 0.05) is 71.2 Å². The lowest BCUT2D eigenvalue weighted by Crippen LogP contribution is -2.38. The molecule has 4 N–H and O–H groups in total. The Morgan fingerprint density at radius 2 is 1.60 bits per heavy atom. The number of ether oxygens (including phenoxy) is 2. The molecule has 1 heterocycles. The SMILES string of the molecule is C1=CCCC(Nc2cc(NC3=CCCC=C3)cc(OC3=NC(OC4=CC(NC5C=CC=CC5)CC(Nc5ccccc5)=C4)=CCC3)c2)=C1.